The van der Waals surface area contributed by atoms with Crippen LogP contribution in [0.15, 0.2) is 48.5 Å². The maximum absolute atomic E-state index is 10.6. The van der Waals surface area contributed by atoms with E-state index in [1.54, 1.807) is 14.2 Å². The minimum Gasteiger partial charge on any atom is -0.493 e. The summed E-state index contributed by atoms with van der Waals surface area (Å²) in [5, 5.41) is 10.6. The van der Waals surface area contributed by atoms with Gasteiger partial charge in [-0.15, -0.1) is 0 Å². The van der Waals surface area contributed by atoms with E-state index in [4.69, 9.17) is 15.2 Å². The largest absolute Gasteiger partial charge is 0.493 e. The van der Waals surface area contributed by atoms with Crippen molar-refractivity contribution < 1.29 is 14.6 Å². The number of nitrogens with two attached hydrogens (primary N) is 1. The Morgan fingerprint density at radius 2 is 1.62 bits per heavy atom. The number of hydrogen-bond acceptors (Lipinski definition) is 4. The average molecular weight is 287 g/mol. The number of aliphatic hydroxyl groups excluding tert-OH is 1. The number of hydrogen-bond donors (Lipinski definition) is 2. The van der Waals surface area contributed by atoms with Crippen LogP contribution in [0.4, 0.5) is 0 Å². The second-order valence-electron chi connectivity index (χ2n) is 4.81. The van der Waals surface area contributed by atoms with Gasteiger partial charge in [-0.05, 0) is 23.3 Å². The van der Waals surface area contributed by atoms with E-state index in [1.165, 1.54) is 0 Å². The molecule has 0 aromatic heterocycles. The molecule has 0 amide bonds. The van der Waals surface area contributed by atoms with Crippen molar-refractivity contribution in [1.29, 1.82) is 0 Å². The first-order valence-electron chi connectivity index (χ1n) is 6.86. The highest BCUT2D eigenvalue weighted by atomic mass is 16.5. The number of ether oxygens (including phenoxy) is 2. The van der Waals surface area contributed by atoms with Crippen LogP contribution in [0.2, 0.25) is 0 Å². The zero-order valence-electron chi connectivity index (χ0n) is 12.3. The molecule has 112 valence electrons. The van der Waals surface area contributed by atoms with Gasteiger partial charge in [0, 0.05) is 12.5 Å². The predicted molar refractivity (Wildman–Crippen MR) is 82.7 cm³/mol. The van der Waals surface area contributed by atoms with E-state index in [0.717, 1.165) is 11.1 Å². The second kappa shape index (κ2) is 7.11. The molecule has 2 aromatic carbocycles. The van der Waals surface area contributed by atoms with Crippen LogP contribution in [0.1, 0.15) is 23.1 Å². The summed E-state index contributed by atoms with van der Waals surface area (Å²) in [5.74, 6) is 1.09. The van der Waals surface area contributed by atoms with E-state index in [-0.39, 0.29) is 5.92 Å². The normalized spacial score (nSPS) is 13.5. The molecule has 0 fully saturated rings. The molecule has 0 saturated carbocycles. The standard InChI is InChI=1S/C17H21NO3/c1-20-15-9-8-13(10-16(15)21-2)14(11-18)17(19)12-6-4-3-5-7-12/h3-10,14,17,19H,11,18H2,1-2H3. The minimum atomic E-state index is -0.658. The molecule has 0 radical (unpaired) electrons. The van der Waals surface area contributed by atoms with E-state index in [2.05, 4.69) is 0 Å². The molecule has 0 spiro atoms. The number of benzene rings is 2. The summed E-state index contributed by atoms with van der Waals surface area (Å²) in [6.45, 7) is 0.339. The summed E-state index contributed by atoms with van der Waals surface area (Å²) in [5.41, 5.74) is 7.65. The van der Waals surface area contributed by atoms with Crippen molar-refractivity contribution in [2.24, 2.45) is 5.73 Å². The van der Waals surface area contributed by atoms with Crippen LogP contribution in [0.3, 0.4) is 0 Å². The predicted octanol–water partition coefficient (Wildman–Crippen LogP) is 2.48. The lowest BCUT2D eigenvalue weighted by atomic mass is 9.89. The first-order valence-corrected chi connectivity index (χ1v) is 6.86. The highest BCUT2D eigenvalue weighted by Crippen LogP contribution is 2.35. The fourth-order valence-corrected chi connectivity index (χ4v) is 2.41. The molecule has 4 heteroatoms. The van der Waals surface area contributed by atoms with Crippen LogP contribution >= 0.6 is 0 Å². The molecular weight excluding hydrogens is 266 g/mol. The molecule has 0 aliphatic carbocycles. The Hall–Kier alpha value is -2.04. The first-order chi connectivity index (χ1) is 10.2. The number of aliphatic hydroxyl groups is 1. The first kappa shape index (κ1) is 15.4. The molecular formula is C17H21NO3. The van der Waals surface area contributed by atoms with Crippen molar-refractivity contribution in [3.63, 3.8) is 0 Å². The lowest BCUT2D eigenvalue weighted by molar-refractivity contribution is 0.147. The third kappa shape index (κ3) is 3.35. The topological polar surface area (TPSA) is 64.7 Å². The summed E-state index contributed by atoms with van der Waals surface area (Å²) in [7, 11) is 3.18. The van der Waals surface area contributed by atoms with Crippen molar-refractivity contribution in [2.75, 3.05) is 20.8 Å². The van der Waals surface area contributed by atoms with Crippen LogP contribution in [-0.4, -0.2) is 25.9 Å². The van der Waals surface area contributed by atoms with Gasteiger partial charge in [0.15, 0.2) is 11.5 Å². The Balaban J connectivity index is 2.33. The molecule has 0 saturated heterocycles. The van der Waals surface area contributed by atoms with E-state index < -0.39 is 6.10 Å². The van der Waals surface area contributed by atoms with E-state index in [9.17, 15) is 5.11 Å². The summed E-state index contributed by atoms with van der Waals surface area (Å²) >= 11 is 0. The van der Waals surface area contributed by atoms with Crippen LogP contribution in [0.5, 0.6) is 11.5 Å². The lowest BCUT2D eigenvalue weighted by Crippen LogP contribution is -2.20. The SMILES string of the molecule is COc1ccc(C(CN)C(O)c2ccccc2)cc1OC. The van der Waals surface area contributed by atoms with Gasteiger partial charge in [0.25, 0.3) is 0 Å². The third-order valence-corrected chi connectivity index (χ3v) is 3.61. The van der Waals surface area contributed by atoms with Gasteiger partial charge in [-0.1, -0.05) is 36.4 Å². The van der Waals surface area contributed by atoms with Crippen LogP contribution in [-0.2, 0) is 0 Å². The lowest BCUT2D eigenvalue weighted by Gasteiger charge is -2.23. The molecule has 21 heavy (non-hydrogen) atoms. The maximum atomic E-state index is 10.6. The van der Waals surface area contributed by atoms with Crippen LogP contribution < -0.4 is 15.2 Å². The van der Waals surface area contributed by atoms with Gasteiger partial charge in [0.1, 0.15) is 0 Å². The molecule has 2 unspecified atom stereocenters. The van der Waals surface area contributed by atoms with E-state index in [1.807, 2.05) is 48.5 Å². The molecule has 3 N–H and O–H groups in total. The average Bonchev–Trinajstić information content (AvgIpc) is 2.56. The van der Waals surface area contributed by atoms with Gasteiger partial charge in [0.05, 0.1) is 20.3 Å². The van der Waals surface area contributed by atoms with E-state index in [0.29, 0.717) is 18.0 Å². The van der Waals surface area contributed by atoms with Crippen molar-refractivity contribution in [3.05, 3.63) is 59.7 Å². The van der Waals surface area contributed by atoms with Gasteiger partial charge < -0.3 is 20.3 Å². The zero-order chi connectivity index (χ0) is 15.2. The number of rotatable bonds is 6. The molecule has 2 aromatic rings. The quantitative estimate of drug-likeness (QED) is 0.856. The molecule has 2 atom stereocenters. The molecule has 0 aliphatic heterocycles. The van der Waals surface area contributed by atoms with Gasteiger partial charge in [-0.25, -0.2) is 0 Å². The molecule has 0 heterocycles. The van der Waals surface area contributed by atoms with Crippen molar-refractivity contribution in [1.82, 2.24) is 0 Å². The zero-order valence-corrected chi connectivity index (χ0v) is 12.3. The third-order valence-electron chi connectivity index (χ3n) is 3.61. The highest BCUT2D eigenvalue weighted by molar-refractivity contribution is 5.44. The highest BCUT2D eigenvalue weighted by Gasteiger charge is 2.22. The summed E-state index contributed by atoms with van der Waals surface area (Å²) < 4.78 is 10.5. The molecule has 0 aliphatic rings. The Labute approximate surface area is 125 Å². The second-order valence-corrected chi connectivity index (χ2v) is 4.81. The monoisotopic (exact) mass is 287 g/mol. The summed E-state index contributed by atoms with van der Waals surface area (Å²) in [6, 6.07) is 15.1. The Kier molecular flexibility index (Phi) is 5.20. The molecule has 0 bridgehead atoms. The Morgan fingerprint density at radius 3 is 2.19 bits per heavy atom. The fourth-order valence-electron chi connectivity index (χ4n) is 2.41. The van der Waals surface area contributed by atoms with Gasteiger partial charge in [0.2, 0.25) is 0 Å². The van der Waals surface area contributed by atoms with Gasteiger partial charge >= 0.3 is 0 Å². The smallest absolute Gasteiger partial charge is 0.160 e. The number of methoxy groups -OCH3 is 2. The van der Waals surface area contributed by atoms with Crippen LogP contribution in [0.25, 0.3) is 0 Å². The van der Waals surface area contributed by atoms with Crippen molar-refractivity contribution in [3.8, 4) is 11.5 Å². The van der Waals surface area contributed by atoms with E-state index >= 15 is 0 Å². The summed E-state index contributed by atoms with van der Waals surface area (Å²) in [4.78, 5) is 0. The molecule has 2 rings (SSSR count). The Morgan fingerprint density at radius 1 is 0.952 bits per heavy atom. The minimum absolute atomic E-state index is 0.202. The maximum Gasteiger partial charge on any atom is 0.160 e. The van der Waals surface area contributed by atoms with Crippen molar-refractivity contribution >= 4 is 0 Å². The van der Waals surface area contributed by atoms with Gasteiger partial charge in [-0.3, -0.25) is 0 Å². The summed E-state index contributed by atoms with van der Waals surface area (Å²) in [6.07, 6.45) is -0.658. The van der Waals surface area contributed by atoms with Gasteiger partial charge in [-0.2, -0.15) is 0 Å². The van der Waals surface area contributed by atoms with Crippen LogP contribution in [0, 0.1) is 0 Å². The Bertz CT molecular complexity index is 572. The molecule has 4 nitrogen and oxygen atoms in total. The van der Waals surface area contributed by atoms with Crippen molar-refractivity contribution in [2.45, 2.75) is 12.0 Å². The fraction of sp³-hybridized carbons (Fsp3) is 0.294.